The molecule has 0 saturated heterocycles. The molecule has 1 saturated carbocycles. The average Bonchev–Trinajstić information content (AvgIpc) is 3.57. The molecule has 264 valence electrons. The Morgan fingerprint density at radius 3 is 1.75 bits per heavy atom. The number of imide groups is 2. The Labute approximate surface area is 301 Å². The summed E-state index contributed by atoms with van der Waals surface area (Å²) in [7, 11) is 0. The number of nitrogen functional groups attached to an aromatic ring is 2. The summed E-state index contributed by atoms with van der Waals surface area (Å²) in [4.78, 5) is 55.9. The first-order chi connectivity index (χ1) is 24.9. The molecule has 0 aromatic heterocycles. The number of carbonyl (C=O) groups excluding carboxylic acids is 4. The molecule has 10 nitrogen and oxygen atoms in total. The summed E-state index contributed by atoms with van der Waals surface area (Å²) >= 11 is 0. The summed E-state index contributed by atoms with van der Waals surface area (Å²) in [5.41, 5.74) is 13.7. The Morgan fingerprint density at radius 1 is 0.673 bits per heavy atom. The molecule has 0 radical (unpaired) electrons. The number of ether oxygens (including phenoxy) is 2. The van der Waals surface area contributed by atoms with Gasteiger partial charge in [-0.05, 0) is 67.5 Å². The quantitative estimate of drug-likeness (QED) is 0.107. The molecule has 2 heterocycles. The smallest absolute Gasteiger partial charge is 0.259 e. The van der Waals surface area contributed by atoms with Gasteiger partial charge in [0.25, 0.3) is 23.6 Å². The van der Waals surface area contributed by atoms with Crippen LogP contribution < -0.4 is 31.6 Å². The minimum absolute atomic E-state index is 0.178. The number of amides is 4. The lowest BCUT2D eigenvalue weighted by Gasteiger charge is -2.46. The van der Waals surface area contributed by atoms with E-state index in [2.05, 4.69) is 24.5 Å². The number of anilines is 2. The van der Waals surface area contributed by atoms with Crippen molar-refractivity contribution >= 4 is 46.1 Å². The first kappa shape index (κ1) is 34.3. The molecule has 6 N–H and O–H groups in total. The molecular formula is C42H40N4O6. The molecule has 52 heavy (non-hydrogen) atoms. The van der Waals surface area contributed by atoms with Gasteiger partial charge in [-0.25, -0.2) is 0 Å². The van der Waals surface area contributed by atoms with Crippen molar-refractivity contribution in [3.05, 3.63) is 119 Å². The van der Waals surface area contributed by atoms with Gasteiger partial charge in [0, 0.05) is 57.1 Å². The van der Waals surface area contributed by atoms with Crippen molar-refractivity contribution in [2.45, 2.75) is 40.0 Å². The largest absolute Gasteiger partial charge is 0.457 e. The van der Waals surface area contributed by atoms with E-state index in [4.69, 9.17) is 20.9 Å². The van der Waals surface area contributed by atoms with Crippen LogP contribution >= 0.6 is 0 Å². The molecule has 0 spiro atoms. The molecule has 4 aromatic rings. The molecule has 10 heteroatoms. The Balaban J connectivity index is 1.42. The van der Waals surface area contributed by atoms with Gasteiger partial charge in [0.05, 0.1) is 11.1 Å². The molecular weight excluding hydrogens is 656 g/mol. The van der Waals surface area contributed by atoms with Crippen LogP contribution in [0.25, 0.3) is 11.1 Å². The molecule has 1 aliphatic carbocycles. The van der Waals surface area contributed by atoms with E-state index in [1.807, 2.05) is 6.92 Å². The standard InChI is InChI=1S/C42H40N4O6/c1-23(2)24-18-19-42(3,37-35(39(48)46-41(37)50)30-15-5-7-17-33(30)52-28-13-9-11-26(44)22-28)31(20-24)36-34(38(47)45-40(36)49)29-14-4-6-16-32(29)51-27-12-8-10-25(43)21-27/h4-17,21-24,31H,18-20,43-44H2,1-3H3,(H,45,47,49)(H,46,48,50). The Kier molecular flexibility index (Phi) is 8.92. The fourth-order valence-electron chi connectivity index (χ4n) is 7.94. The van der Waals surface area contributed by atoms with Gasteiger partial charge < -0.3 is 20.9 Å². The number of para-hydroxylation sites is 2. The molecule has 3 atom stereocenters. The van der Waals surface area contributed by atoms with E-state index in [-0.39, 0.29) is 34.1 Å². The van der Waals surface area contributed by atoms with Crippen LogP contribution in [0.4, 0.5) is 11.4 Å². The summed E-state index contributed by atoms with van der Waals surface area (Å²) in [5.74, 6) is -0.702. The number of benzene rings is 4. The SMILES string of the molecule is CC(C)C1CCC(C)(C2=C(c3ccccc3Oc3cccc(N)c3)C(=O)NC2=O)C(C2=C(c3ccccc3Oc3cccc(N)c3)C(=O)NC2=O)C1. The van der Waals surface area contributed by atoms with E-state index in [0.717, 1.165) is 6.42 Å². The average molecular weight is 697 g/mol. The third-order valence-corrected chi connectivity index (χ3v) is 10.6. The van der Waals surface area contributed by atoms with Crippen molar-refractivity contribution in [3.63, 3.8) is 0 Å². The first-order valence-electron chi connectivity index (χ1n) is 17.4. The lowest BCUT2D eigenvalue weighted by molar-refractivity contribution is -0.126. The highest BCUT2D eigenvalue weighted by molar-refractivity contribution is 6.38. The van der Waals surface area contributed by atoms with E-state index < -0.39 is 35.0 Å². The van der Waals surface area contributed by atoms with Crippen LogP contribution in [0.5, 0.6) is 23.0 Å². The zero-order chi connectivity index (χ0) is 36.7. The Bertz CT molecular complexity index is 2200. The van der Waals surface area contributed by atoms with E-state index in [9.17, 15) is 19.2 Å². The number of hydrogen-bond acceptors (Lipinski definition) is 8. The van der Waals surface area contributed by atoms with E-state index in [1.54, 1.807) is 97.1 Å². The maximum absolute atomic E-state index is 14.1. The number of nitrogens with one attached hydrogen (secondary N) is 2. The number of hydrogen-bond donors (Lipinski definition) is 4. The fraction of sp³-hybridized carbons (Fsp3) is 0.238. The minimum Gasteiger partial charge on any atom is -0.457 e. The van der Waals surface area contributed by atoms with Gasteiger partial charge in [0.1, 0.15) is 23.0 Å². The van der Waals surface area contributed by atoms with Gasteiger partial charge in [-0.15, -0.1) is 0 Å². The summed E-state index contributed by atoms with van der Waals surface area (Å²) < 4.78 is 12.5. The highest BCUT2D eigenvalue weighted by Gasteiger charge is 2.54. The van der Waals surface area contributed by atoms with Crippen LogP contribution in [-0.2, 0) is 19.2 Å². The summed E-state index contributed by atoms with van der Waals surface area (Å²) in [5, 5.41) is 5.09. The summed E-state index contributed by atoms with van der Waals surface area (Å²) in [6.07, 6.45) is 1.74. The molecule has 1 fully saturated rings. The van der Waals surface area contributed by atoms with Gasteiger partial charge in [-0.3, -0.25) is 29.8 Å². The van der Waals surface area contributed by atoms with Crippen molar-refractivity contribution in [3.8, 4) is 23.0 Å². The Morgan fingerprint density at radius 2 is 1.19 bits per heavy atom. The van der Waals surface area contributed by atoms with Crippen molar-refractivity contribution in [1.29, 1.82) is 0 Å². The fourth-order valence-corrected chi connectivity index (χ4v) is 7.94. The lowest BCUT2D eigenvalue weighted by atomic mass is 9.56. The second-order valence-corrected chi connectivity index (χ2v) is 14.2. The highest BCUT2D eigenvalue weighted by atomic mass is 16.5. The highest BCUT2D eigenvalue weighted by Crippen LogP contribution is 2.57. The monoisotopic (exact) mass is 696 g/mol. The molecule has 3 aliphatic rings. The van der Waals surface area contributed by atoms with Crippen molar-refractivity contribution in [2.24, 2.45) is 23.2 Å². The zero-order valence-corrected chi connectivity index (χ0v) is 29.2. The van der Waals surface area contributed by atoms with Crippen LogP contribution in [0.3, 0.4) is 0 Å². The number of rotatable bonds is 9. The van der Waals surface area contributed by atoms with Gasteiger partial charge in [0.15, 0.2) is 0 Å². The zero-order valence-electron chi connectivity index (χ0n) is 29.2. The summed E-state index contributed by atoms with van der Waals surface area (Å²) in [6.45, 7) is 6.20. The third-order valence-electron chi connectivity index (χ3n) is 10.6. The van der Waals surface area contributed by atoms with Gasteiger partial charge in [0.2, 0.25) is 0 Å². The predicted octanol–water partition coefficient (Wildman–Crippen LogP) is 7.03. The normalized spacial score (nSPS) is 21.8. The van der Waals surface area contributed by atoms with Crippen LogP contribution in [0.1, 0.15) is 51.2 Å². The second-order valence-electron chi connectivity index (χ2n) is 14.2. The minimum atomic E-state index is -1.05. The van der Waals surface area contributed by atoms with E-state index in [1.165, 1.54) is 0 Å². The molecule has 3 unspecified atom stereocenters. The number of carbonyl (C=O) groups is 4. The van der Waals surface area contributed by atoms with Gasteiger partial charge in [-0.1, -0.05) is 69.3 Å². The van der Waals surface area contributed by atoms with E-state index in [0.29, 0.717) is 58.3 Å². The molecule has 4 amide bonds. The van der Waals surface area contributed by atoms with Crippen LogP contribution in [0, 0.1) is 23.2 Å². The van der Waals surface area contributed by atoms with Crippen LogP contribution in [0.2, 0.25) is 0 Å². The Hall–Kier alpha value is -6.16. The summed E-state index contributed by atoms with van der Waals surface area (Å²) in [6, 6.07) is 28.0. The second kappa shape index (κ2) is 13.5. The molecule has 2 aliphatic heterocycles. The maximum atomic E-state index is 14.1. The molecule has 7 rings (SSSR count). The van der Waals surface area contributed by atoms with E-state index >= 15 is 0 Å². The third kappa shape index (κ3) is 6.21. The van der Waals surface area contributed by atoms with Gasteiger partial charge in [-0.2, -0.15) is 0 Å². The molecule has 4 aromatic carbocycles. The topological polar surface area (TPSA) is 163 Å². The van der Waals surface area contributed by atoms with Gasteiger partial charge >= 0.3 is 0 Å². The first-order valence-corrected chi connectivity index (χ1v) is 17.4. The van der Waals surface area contributed by atoms with Crippen LogP contribution in [0.15, 0.2) is 108 Å². The maximum Gasteiger partial charge on any atom is 0.259 e. The molecule has 0 bridgehead atoms. The predicted molar refractivity (Wildman–Crippen MR) is 199 cm³/mol. The van der Waals surface area contributed by atoms with Crippen molar-refractivity contribution < 1.29 is 28.7 Å². The van der Waals surface area contributed by atoms with Crippen molar-refractivity contribution in [2.75, 3.05) is 11.5 Å². The lowest BCUT2D eigenvalue weighted by Crippen LogP contribution is -2.42. The number of nitrogens with two attached hydrogens (primary N) is 2. The van der Waals surface area contributed by atoms with Crippen LogP contribution in [-0.4, -0.2) is 23.6 Å². The van der Waals surface area contributed by atoms with Crippen molar-refractivity contribution in [1.82, 2.24) is 10.6 Å².